The molecule has 0 aliphatic rings. The van der Waals surface area contributed by atoms with Gasteiger partial charge in [-0.1, -0.05) is 41.4 Å². The predicted octanol–water partition coefficient (Wildman–Crippen LogP) is 3.14. The SMILES string of the molecule is O=c1c(Cl)c(Cl)ccn1-c1ccccc1. The third kappa shape index (κ3) is 1.91. The van der Waals surface area contributed by atoms with Crippen molar-refractivity contribution in [2.45, 2.75) is 0 Å². The van der Waals surface area contributed by atoms with Crippen LogP contribution >= 0.6 is 23.2 Å². The van der Waals surface area contributed by atoms with Crippen molar-refractivity contribution in [2.75, 3.05) is 0 Å². The highest BCUT2D eigenvalue weighted by molar-refractivity contribution is 6.41. The molecule has 0 aliphatic carbocycles. The molecule has 0 radical (unpaired) electrons. The van der Waals surface area contributed by atoms with E-state index >= 15 is 0 Å². The number of hydrogen-bond donors (Lipinski definition) is 0. The molecule has 1 aromatic heterocycles. The first kappa shape index (κ1) is 10.3. The standard InChI is InChI=1S/C11H7Cl2NO/c12-9-6-7-14(11(15)10(9)13)8-4-2-1-3-5-8/h1-7H. The van der Waals surface area contributed by atoms with Crippen molar-refractivity contribution in [3.63, 3.8) is 0 Å². The lowest BCUT2D eigenvalue weighted by atomic mass is 10.3. The van der Waals surface area contributed by atoms with Crippen LogP contribution in [-0.2, 0) is 0 Å². The lowest BCUT2D eigenvalue weighted by Crippen LogP contribution is -2.17. The second-order valence-corrected chi connectivity index (χ2v) is 3.77. The first-order chi connectivity index (χ1) is 7.20. The van der Waals surface area contributed by atoms with E-state index in [1.54, 1.807) is 12.3 Å². The van der Waals surface area contributed by atoms with Gasteiger partial charge in [0.05, 0.1) is 5.02 Å². The number of nitrogens with zero attached hydrogens (tertiary/aromatic N) is 1. The topological polar surface area (TPSA) is 22.0 Å². The van der Waals surface area contributed by atoms with Crippen molar-refractivity contribution in [3.8, 4) is 5.69 Å². The minimum Gasteiger partial charge on any atom is -0.283 e. The Balaban J connectivity index is 2.66. The highest BCUT2D eigenvalue weighted by Crippen LogP contribution is 2.17. The molecule has 0 fully saturated rings. The minimum absolute atomic E-state index is 0.0445. The van der Waals surface area contributed by atoms with E-state index in [9.17, 15) is 4.79 Å². The smallest absolute Gasteiger partial charge is 0.275 e. The average Bonchev–Trinajstić information content (AvgIpc) is 2.27. The second-order valence-electron chi connectivity index (χ2n) is 2.99. The molecule has 0 N–H and O–H groups in total. The summed E-state index contributed by atoms with van der Waals surface area (Å²) >= 11 is 11.5. The summed E-state index contributed by atoms with van der Waals surface area (Å²) in [6, 6.07) is 10.8. The van der Waals surface area contributed by atoms with Crippen LogP contribution in [0.5, 0.6) is 0 Å². The van der Waals surface area contributed by atoms with E-state index in [0.717, 1.165) is 5.69 Å². The van der Waals surface area contributed by atoms with Gasteiger partial charge in [-0.15, -0.1) is 0 Å². The summed E-state index contributed by atoms with van der Waals surface area (Å²) in [6.45, 7) is 0. The van der Waals surface area contributed by atoms with Crippen LogP contribution in [0.15, 0.2) is 47.4 Å². The molecule has 4 heteroatoms. The largest absolute Gasteiger partial charge is 0.283 e. The molecular weight excluding hydrogens is 233 g/mol. The van der Waals surface area contributed by atoms with Crippen LogP contribution < -0.4 is 5.56 Å². The van der Waals surface area contributed by atoms with Gasteiger partial charge in [0, 0.05) is 11.9 Å². The van der Waals surface area contributed by atoms with Gasteiger partial charge in [-0.3, -0.25) is 9.36 Å². The third-order valence-electron chi connectivity index (χ3n) is 2.02. The summed E-state index contributed by atoms with van der Waals surface area (Å²) in [5.41, 5.74) is 0.455. The second kappa shape index (κ2) is 4.09. The number of para-hydroxylation sites is 1. The van der Waals surface area contributed by atoms with E-state index in [1.807, 2.05) is 30.3 Å². The Morgan fingerprint density at radius 3 is 2.33 bits per heavy atom. The molecular formula is C11H7Cl2NO. The maximum Gasteiger partial charge on any atom is 0.275 e. The Bertz CT molecular complexity index is 534. The maximum absolute atomic E-state index is 11.7. The van der Waals surface area contributed by atoms with E-state index in [4.69, 9.17) is 23.2 Å². The molecule has 0 atom stereocenters. The molecule has 76 valence electrons. The van der Waals surface area contributed by atoms with Crippen LogP contribution in [-0.4, -0.2) is 4.57 Å². The molecule has 0 bridgehead atoms. The molecule has 0 saturated carbocycles. The monoisotopic (exact) mass is 239 g/mol. The summed E-state index contributed by atoms with van der Waals surface area (Å²) in [4.78, 5) is 11.7. The summed E-state index contributed by atoms with van der Waals surface area (Å²) in [6.07, 6.45) is 1.60. The maximum atomic E-state index is 11.7. The van der Waals surface area contributed by atoms with E-state index in [-0.39, 0.29) is 15.6 Å². The molecule has 2 rings (SSSR count). The lowest BCUT2D eigenvalue weighted by molar-refractivity contribution is 0.991. The Kier molecular flexibility index (Phi) is 2.80. The number of hydrogen-bond acceptors (Lipinski definition) is 1. The fourth-order valence-electron chi connectivity index (χ4n) is 1.28. The van der Waals surface area contributed by atoms with Gasteiger partial charge in [-0.05, 0) is 18.2 Å². The van der Waals surface area contributed by atoms with Crippen molar-refractivity contribution < 1.29 is 0 Å². The fraction of sp³-hybridized carbons (Fsp3) is 0. The van der Waals surface area contributed by atoms with Gasteiger partial charge in [0.25, 0.3) is 5.56 Å². The van der Waals surface area contributed by atoms with Crippen molar-refractivity contribution in [3.05, 3.63) is 63.0 Å². The zero-order chi connectivity index (χ0) is 10.8. The molecule has 1 heterocycles. The van der Waals surface area contributed by atoms with E-state index in [1.165, 1.54) is 4.57 Å². The van der Waals surface area contributed by atoms with Gasteiger partial charge < -0.3 is 0 Å². The zero-order valence-corrected chi connectivity index (χ0v) is 9.16. The number of halogens is 2. The number of aromatic nitrogens is 1. The van der Waals surface area contributed by atoms with Gasteiger partial charge >= 0.3 is 0 Å². The Hall–Kier alpha value is -1.25. The van der Waals surface area contributed by atoms with E-state index in [2.05, 4.69) is 0 Å². The molecule has 0 unspecified atom stereocenters. The van der Waals surface area contributed by atoms with Crippen molar-refractivity contribution >= 4 is 23.2 Å². The number of pyridine rings is 1. The van der Waals surface area contributed by atoms with Crippen LogP contribution in [0.2, 0.25) is 10.0 Å². The molecule has 0 amide bonds. The fourth-order valence-corrected chi connectivity index (χ4v) is 1.57. The molecule has 15 heavy (non-hydrogen) atoms. The van der Waals surface area contributed by atoms with Gasteiger partial charge in [0.2, 0.25) is 0 Å². The summed E-state index contributed by atoms with van der Waals surface area (Å²) < 4.78 is 1.45. The van der Waals surface area contributed by atoms with Gasteiger partial charge in [-0.25, -0.2) is 0 Å². The minimum atomic E-state index is -0.310. The molecule has 2 aromatic rings. The molecule has 0 spiro atoms. The van der Waals surface area contributed by atoms with Gasteiger partial charge in [-0.2, -0.15) is 0 Å². The first-order valence-electron chi connectivity index (χ1n) is 4.32. The highest BCUT2D eigenvalue weighted by Gasteiger charge is 2.06. The number of rotatable bonds is 1. The van der Waals surface area contributed by atoms with Crippen LogP contribution in [0.1, 0.15) is 0 Å². The summed E-state index contributed by atoms with van der Waals surface area (Å²) in [7, 11) is 0. The zero-order valence-electron chi connectivity index (χ0n) is 7.65. The van der Waals surface area contributed by atoms with Gasteiger partial charge in [0.15, 0.2) is 0 Å². The number of benzene rings is 1. The van der Waals surface area contributed by atoms with E-state index in [0.29, 0.717) is 0 Å². The van der Waals surface area contributed by atoms with Crippen molar-refractivity contribution in [1.29, 1.82) is 0 Å². The summed E-state index contributed by atoms with van der Waals surface area (Å²) in [5.74, 6) is 0. The lowest BCUT2D eigenvalue weighted by Gasteiger charge is -2.05. The molecule has 1 aromatic carbocycles. The summed E-state index contributed by atoms with van der Waals surface area (Å²) in [5, 5.41) is 0.317. The van der Waals surface area contributed by atoms with Gasteiger partial charge in [0.1, 0.15) is 5.02 Å². The van der Waals surface area contributed by atoms with Crippen LogP contribution in [0.3, 0.4) is 0 Å². The van der Waals surface area contributed by atoms with Crippen LogP contribution in [0.4, 0.5) is 0 Å². The first-order valence-corrected chi connectivity index (χ1v) is 5.08. The highest BCUT2D eigenvalue weighted by atomic mass is 35.5. The van der Waals surface area contributed by atoms with Crippen molar-refractivity contribution in [2.24, 2.45) is 0 Å². The average molecular weight is 240 g/mol. The van der Waals surface area contributed by atoms with Crippen molar-refractivity contribution in [1.82, 2.24) is 4.57 Å². The third-order valence-corrected chi connectivity index (χ3v) is 2.80. The predicted molar refractivity (Wildman–Crippen MR) is 62.1 cm³/mol. The Morgan fingerprint density at radius 1 is 1.00 bits per heavy atom. The molecule has 0 saturated heterocycles. The Labute approximate surface area is 96.7 Å². The van der Waals surface area contributed by atoms with Crippen LogP contribution in [0.25, 0.3) is 5.69 Å². The van der Waals surface area contributed by atoms with E-state index < -0.39 is 0 Å². The Morgan fingerprint density at radius 2 is 1.67 bits per heavy atom. The molecule has 2 nitrogen and oxygen atoms in total. The molecule has 0 aliphatic heterocycles. The quantitative estimate of drug-likeness (QED) is 0.750. The normalized spacial score (nSPS) is 10.3. The van der Waals surface area contributed by atoms with Crippen LogP contribution in [0, 0.1) is 0 Å².